The Bertz CT molecular complexity index is 1320. The summed E-state index contributed by atoms with van der Waals surface area (Å²) < 4.78 is 11.3. The number of benzene rings is 3. The molecule has 1 aliphatic rings. The molecule has 4 rings (SSSR count). The van der Waals surface area contributed by atoms with Gasteiger partial charge in [-0.2, -0.15) is 0 Å². The number of imide groups is 2. The van der Waals surface area contributed by atoms with E-state index in [9.17, 15) is 14.4 Å². The first-order valence-electron chi connectivity index (χ1n) is 10.7. The van der Waals surface area contributed by atoms with Crippen molar-refractivity contribution in [2.75, 3.05) is 11.5 Å². The molecule has 178 valence electrons. The van der Waals surface area contributed by atoms with E-state index in [2.05, 4.69) is 5.32 Å². The minimum absolute atomic E-state index is 0.186. The molecule has 1 fully saturated rings. The van der Waals surface area contributed by atoms with Gasteiger partial charge >= 0.3 is 6.03 Å². The van der Waals surface area contributed by atoms with E-state index in [0.29, 0.717) is 33.7 Å². The highest BCUT2D eigenvalue weighted by atomic mass is 35.5. The Labute approximate surface area is 211 Å². The Morgan fingerprint density at radius 3 is 2.40 bits per heavy atom. The molecular formula is C26H20Cl2N2O5. The fourth-order valence-electron chi connectivity index (χ4n) is 3.43. The van der Waals surface area contributed by atoms with E-state index >= 15 is 0 Å². The number of hydrogen-bond acceptors (Lipinski definition) is 5. The second-order valence-corrected chi connectivity index (χ2v) is 8.29. The van der Waals surface area contributed by atoms with Crippen molar-refractivity contribution in [2.45, 2.75) is 13.5 Å². The molecule has 3 aromatic carbocycles. The van der Waals surface area contributed by atoms with E-state index in [4.69, 9.17) is 32.7 Å². The molecule has 0 bridgehead atoms. The molecule has 1 N–H and O–H groups in total. The Kier molecular flexibility index (Phi) is 7.39. The number of anilines is 1. The smallest absolute Gasteiger partial charge is 0.335 e. The third-order valence-electron chi connectivity index (χ3n) is 5.12. The number of nitrogens with zero attached hydrogens (tertiary/aromatic N) is 1. The van der Waals surface area contributed by atoms with Crippen LogP contribution >= 0.6 is 23.2 Å². The zero-order valence-electron chi connectivity index (χ0n) is 18.6. The average molecular weight is 511 g/mol. The number of barbiturate groups is 1. The summed E-state index contributed by atoms with van der Waals surface area (Å²) in [5.41, 5.74) is 1.40. The predicted molar refractivity (Wildman–Crippen MR) is 134 cm³/mol. The molecule has 0 aliphatic carbocycles. The monoisotopic (exact) mass is 510 g/mol. The summed E-state index contributed by atoms with van der Waals surface area (Å²) in [5, 5.41) is 3.23. The van der Waals surface area contributed by atoms with Gasteiger partial charge in [-0.3, -0.25) is 14.9 Å². The molecule has 9 heteroatoms. The van der Waals surface area contributed by atoms with Crippen molar-refractivity contribution in [1.29, 1.82) is 0 Å². The van der Waals surface area contributed by atoms with Gasteiger partial charge in [-0.1, -0.05) is 47.5 Å². The van der Waals surface area contributed by atoms with Crippen LogP contribution in [0.3, 0.4) is 0 Å². The minimum Gasteiger partial charge on any atom is -0.493 e. The van der Waals surface area contributed by atoms with Crippen molar-refractivity contribution in [3.63, 3.8) is 0 Å². The average Bonchev–Trinajstić information content (AvgIpc) is 2.83. The number of para-hydroxylation sites is 1. The Hall–Kier alpha value is -3.81. The van der Waals surface area contributed by atoms with Crippen LogP contribution in [0.15, 0.2) is 72.3 Å². The molecule has 35 heavy (non-hydrogen) atoms. The van der Waals surface area contributed by atoms with Crippen LogP contribution < -0.4 is 19.7 Å². The largest absolute Gasteiger partial charge is 0.493 e. The number of hydrogen-bond donors (Lipinski definition) is 1. The van der Waals surface area contributed by atoms with Gasteiger partial charge in [0.25, 0.3) is 11.8 Å². The van der Waals surface area contributed by atoms with Crippen molar-refractivity contribution in [3.8, 4) is 11.5 Å². The molecule has 0 atom stereocenters. The maximum atomic E-state index is 13.2. The number of nitrogens with one attached hydrogen (secondary N) is 1. The second kappa shape index (κ2) is 10.6. The van der Waals surface area contributed by atoms with Crippen LogP contribution in [0.4, 0.5) is 10.5 Å². The molecule has 7 nitrogen and oxygen atoms in total. The van der Waals surface area contributed by atoms with Gasteiger partial charge in [0.1, 0.15) is 23.7 Å². The van der Waals surface area contributed by atoms with Gasteiger partial charge in [0.2, 0.25) is 0 Å². The number of ether oxygens (including phenoxy) is 2. The molecule has 1 saturated heterocycles. The molecule has 3 aromatic rings. The molecular weight excluding hydrogens is 491 g/mol. The van der Waals surface area contributed by atoms with E-state index in [1.165, 1.54) is 6.08 Å². The summed E-state index contributed by atoms with van der Waals surface area (Å²) in [6, 6.07) is 17.6. The third-order valence-corrected chi connectivity index (χ3v) is 5.71. The quantitative estimate of drug-likeness (QED) is 0.328. The molecule has 4 amide bonds. The van der Waals surface area contributed by atoms with Crippen LogP contribution in [-0.2, 0) is 16.2 Å². The molecule has 1 aliphatic heterocycles. The molecule has 0 saturated carbocycles. The zero-order chi connectivity index (χ0) is 24.9. The van der Waals surface area contributed by atoms with Crippen LogP contribution in [0, 0.1) is 0 Å². The summed E-state index contributed by atoms with van der Waals surface area (Å²) >= 11 is 12.1. The third kappa shape index (κ3) is 5.48. The molecule has 1 heterocycles. The van der Waals surface area contributed by atoms with Crippen LogP contribution in [0.25, 0.3) is 6.08 Å². The fraction of sp³-hybridized carbons (Fsp3) is 0.115. The Morgan fingerprint density at radius 2 is 1.69 bits per heavy atom. The van der Waals surface area contributed by atoms with Crippen molar-refractivity contribution in [3.05, 3.63) is 93.5 Å². The fourth-order valence-corrected chi connectivity index (χ4v) is 3.89. The summed E-state index contributed by atoms with van der Waals surface area (Å²) in [6.45, 7) is 2.46. The minimum atomic E-state index is -0.836. The first kappa shape index (κ1) is 24.3. The van der Waals surface area contributed by atoms with E-state index in [-0.39, 0.29) is 17.9 Å². The number of carbonyl (C=O) groups is 3. The molecule has 0 aromatic heterocycles. The highest BCUT2D eigenvalue weighted by Crippen LogP contribution is 2.28. The number of rotatable bonds is 7. The number of amides is 4. The Balaban J connectivity index is 1.54. The van der Waals surface area contributed by atoms with Crippen LogP contribution in [0.2, 0.25) is 10.0 Å². The van der Waals surface area contributed by atoms with Gasteiger partial charge in [0, 0.05) is 21.2 Å². The van der Waals surface area contributed by atoms with Gasteiger partial charge < -0.3 is 9.47 Å². The van der Waals surface area contributed by atoms with E-state index in [1.807, 2.05) is 6.92 Å². The molecule has 0 unspecified atom stereocenters. The lowest BCUT2D eigenvalue weighted by Crippen LogP contribution is -2.54. The van der Waals surface area contributed by atoms with Crippen LogP contribution in [-0.4, -0.2) is 24.5 Å². The highest BCUT2D eigenvalue weighted by molar-refractivity contribution is 6.39. The standard InChI is InChI=1S/C26H20Cl2N2O5/c1-2-34-23-6-4-3-5-16(23)13-21-24(31)29-26(33)30(25(21)32)19-9-11-20(12-10-19)35-15-17-7-8-18(27)14-22(17)28/h3-14H,2,15H2,1H3,(H,29,31,33)/b21-13+. The SMILES string of the molecule is CCOc1ccccc1/C=C1\C(=O)NC(=O)N(c2ccc(OCc3ccc(Cl)cc3Cl)cc2)C1=O. The first-order valence-corrected chi connectivity index (χ1v) is 11.4. The van der Waals surface area contributed by atoms with Crippen molar-refractivity contribution < 1.29 is 23.9 Å². The van der Waals surface area contributed by atoms with Gasteiger partial charge in [-0.05, 0) is 55.5 Å². The van der Waals surface area contributed by atoms with Gasteiger partial charge in [0.05, 0.1) is 12.3 Å². The van der Waals surface area contributed by atoms with Crippen molar-refractivity contribution in [2.24, 2.45) is 0 Å². The van der Waals surface area contributed by atoms with E-state index in [1.54, 1.807) is 66.7 Å². The lowest BCUT2D eigenvalue weighted by Gasteiger charge is -2.26. The first-order chi connectivity index (χ1) is 16.9. The van der Waals surface area contributed by atoms with E-state index in [0.717, 1.165) is 10.5 Å². The predicted octanol–water partition coefficient (Wildman–Crippen LogP) is 5.64. The van der Waals surface area contributed by atoms with Gasteiger partial charge in [0.15, 0.2) is 0 Å². The highest BCUT2D eigenvalue weighted by Gasteiger charge is 2.37. The zero-order valence-corrected chi connectivity index (χ0v) is 20.1. The van der Waals surface area contributed by atoms with Crippen molar-refractivity contribution >= 4 is 52.8 Å². The Morgan fingerprint density at radius 1 is 0.943 bits per heavy atom. The summed E-state index contributed by atoms with van der Waals surface area (Å²) in [4.78, 5) is 39.0. The molecule has 0 spiro atoms. The summed E-state index contributed by atoms with van der Waals surface area (Å²) in [6.07, 6.45) is 1.41. The summed E-state index contributed by atoms with van der Waals surface area (Å²) in [5.74, 6) is -0.495. The lowest BCUT2D eigenvalue weighted by molar-refractivity contribution is -0.122. The molecule has 0 radical (unpaired) electrons. The maximum Gasteiger partial charge on any atom is 0.335 e. The van der Waals surface area contributed by atoms with E-state index < -0.39 is 17.8 Å². The van der Waals surface area contributed by atoms with Crippen LogP contribution in [0.5, 0.6) is 11.5 Å². The van der Waals surface area contributed by atoms with Crippen molar-refractivity contribution in [1.82, 2.24) is 5.32 Å². The summed E-state index contributed by atoms with van der Waals surface area (Å²) in [7, 11) is 0. The van der Waals surface area contributed by atoms with Gasteiger partial charge in [-0.25, -0.2) is 9.69 Å². The topological polar surface area (TPSA) is 84.9 Å². The number of urea groups is 1. The van der Waals surface area contributed by atoms with Gasteiger partial charge in [-0.15, -0.1) is 0 Å². The maximum absolute atomic E-state index is 13.2. The van der Waals surface area contributed by atoms with Crippen LogP contribution in [0.1, 0.15) is 18.1 Å². The lowest BCUT2D eigenvalue weighted by atomic mass is 10.1. The normalized spacial score (nSPS) is 14.8. The second-order valence-electron chi connectivity index (χ2n) is 7.45. The number of carbonyl (C=O) groups excluding carboxylic acids is 3. The number of halogens is 2.